The van der Waals surface area contributed by atoms with Crippen LogP contribution in [0.25, 0.3) is 0 Å². The predicted molar refractivity (Wildman–Crippen MR) is 70.8 cm³/mol. The quantitative estimate of drug-likeness (QED) is 0.728. The van der Waals surface area contributed by atoms with Crippen LogP contribution in [0.5, 0.6) is 0 Å². The van der Waals surface area contributed by atoms with Crippen molar-refractivity contribution in [2.24, 2.45) is 23.2 Å². The first-order chi connectivity index (χ1) is 8.44. The van der Waals surface area contributed by atoms with Crippen molar-refractivity contribution in [3.05, 3.63) is 0 Å². The molecule has 1 spiro atoms. The number of piperidine rings is 1. The van der Waals surface area contributed by atoms with Gasteiger partial charge in [-0.1, -0.05) is 40.0 Å². The van der Waals surface area contributed by atoms with E-state index in [0.717, 1.165) is 31.6 Å². The Morgan fingerprint density at radius 2 is 1.94 bits per heavy atom. The van der Waals surface area contributed by atoms with E-state index in [1.807, 2.05) is 0 Å². The summed E-state index contributed by atoms with van der Waals surface area (Å²) >= 11 is 0. The molecule has 1 aliphatic heterocycles. The summed E-state index contributed by atoms with van der Waals surface area (Å²) in [5.41, 5.74) is -0.0572. The van der Waals surface area contributed by atoms with Crippen LogP contribution in [-0.2, 0) is 9.59 Å². The van der Waals surface area contributed by atoms with Crippen molar-refractivity contribution in [2.45, 2.75) is 59.3 Å². The van der Waals surface area contributed by atoms with Gasteiger partial charge in [-0.25, -0.2) is 0 Å². The van der Waals surface area contributed by atoms with Gasteiger partial charge in [0, 0.05) is 12.3 Å². The largest absolute Gasteiger partial charge is 0.296 e. The summed E-state index contributed by atoms with van der Waals surface area (Å²) in [7, 11) is 0. The van der Waals surface area contributed by atoms with Crippen molar-refractivity contribution >= 4 is 11.8 Å². The van der Waals surface area contributed by atoms with Gasteiger partial charge in [0.2, 0.25) is 11.8 Å². The maximum atomic E-state index is 12.2. The number of hydrogen-bond acceptors (Lipinski definition) is 2. The first-order valence-corrected chi connectivity index (χ1v) is 7.28. The van der Waals surface area contributed by atoms with Gasteiger partial charge >= 0.3 is 0 Å². The summed E-state index contributed by atoms with van der Waals surface area (Å²) in [6.45, 7) is 6.50. The topological polar surface area (TPSA) is 46.2 Å². The summed E-state index contributed by atoms with van der Waals surface area (Å²) in [6, 6.07) is 0. The van der Waals surface area contributed by atoms with E-state index in [1.165, 1.54) is 6.42 Å². The molecule has 0 aromatic carbocycles. The Hall–Kier alpha value is -0.860. The molecular formula is C15H25NO2. The molecule has 1 N–H and O–H groups in total. The molecule has 2 aliphatic rings. The fourth-order valence-corrected chi connectivity index (χ4v) is 4.07. The summed E-state index contributed by atoms with van der Waals surface area (Å²) in [6.07, 6.45) is 6.18. The molecule has 1 saturated heterocycles. The number of rotatable bonds is 1. The molecule has 18 heavy (non-hydrogen) atoms. The number of nitrogens with one attached hydrogen (secondary N) is 1. The molecule has 1 aliphatic carbocycles. The highest BCUT2D eigenvalue weighted by Crippen LogP contribution is 2.49. The lowest BCUT2D eigenvalue weighted by Gasteiger charge is -2.44. The smallest absolute Gasteiger partial charge is 0.230 e. The third-order valence-electron chi connectivity index (χ3n) is 4.89. The average Bonchev–Trinajstić information content (AvgIpc) is 2.40. The molecular weight excluding hydrogens is 226 g/mol. The van der Waals surface area contributed by atoms with Crippen molar-refractivity contribution in [1.82, 2.24) is 5.32 Å². The van der Waals surface area contributed by atoms with E-state index in [-0.39, 0.29) is 23.1 Å². The van der Waals surface area contributed by atoms with Gasteiger partial charge in [-0.05, 0) is 30.1 Å². The third-order valence-corrected chi connectivity index (χ3v) is 4.89. The number of carbonyl (C=O) groups excluding carboxylic acids is 2. The minimum absolute atomic E-state index is 0.0144. The van der Waals surface area contributed by atoms with Crippen LogP contribution in [0.1, 0.15) is 59.3 Å². The molecule has 3 heteroatoms. The second-order valence-corrected chi connectivity index (χ2v) is 6.71. The van der Waals surface area contributed by atoms with Crippen molar-refractivity contribution in [1.29, 1.82) is 0 Å². The van der Waals surface area contributed by atoms with Crippen molar-refractivity contribution in [3.8, 4) is 0 Å². The highest BCUT2D eigenvalue weighted by molar-refractivity contribution is 5.99. The zero-order chi connectivity index (χ0) is 13.3. The molecule has 0 radical (unpaired) electrons. The van der Waals surface area contributed by atoms with Crippen molar-refractivity contribution in [2.75, 3.05) is 0 Å². The Bertz CT molecular complexity index is 350. The maximum Gasteiger partial charge on any atom is 0.230 e. The van der Waals surface area contributed by atoms with Crippen LogP contribution in [0.4, 0.5) is 0 Å². The fourth-order valence-electron chi connectivity index (χ4n) is 4.07. The molecule has 3 nitrogen and oxygen atoms in total. The number of carbonyl (C=O) groups is 2. The summed E-state index contributed by atoms with van der Waals surface area (Å²) in [5.74, 6) is 0.964. The Morgan fingerprint density at radius 1 is 1.22 bits per heavy atom. The zero-order valence-corrected chi connectivity index (χ0v) is 11.8. The lowest BCUT2D eigenvalue weighted by Crippen LogP contribution is -2.53. The van der Waals surface area contributed by atoms with E-state index in [1.54, 1.807) is 0 Å². The Kier molecular flexibility index (Phi) is 3.79. The molecule has 2 rings (SSSR count). The highest BCUT2D eigenvalue weighted by atomic mass is 16.2. The van der Waals surface area contributed by atoms with E-state index in [4.69, 9.17) is 0 Å². The van der Waals surface area contributed by atoms with E-state index in [0.29, 0.717) is 12.3 Å². The van der Waals surface area contributed by atoms with Crippen molar-refractivity contribution in [3.63, 3.8) is 0 Å². The number of imide groups is 1. The molecule has 2 fully saturated rings. The van der Waals surface area contributed by atoms with E-state index < -0.39 is 0 Å². The molecule has 0 bridgehead atoms. The average molecular weight is 251 g/mol. The van der Waals surface area contributed by atoms with Crippen LogP contribution < -0.4 is 5.32 Å². The summed E-state index contributed by atoms with van der Waals surface area (Å²) < 4.78 is 0. The predicted octanol–water partition coefficient (Wildman–Crippen LogP) is 2.89. The van der Waals surface area contributed by atoms with Crippen LogP contribution in [0, 0.1) is 23.2 Å². The normalized spacial score (nSPS) is 37.8. The van der Waals surface area contributed by atoms with Gasteiger partial charge < -0.3 is 0 Å². The van der Waals surface area contributed by atoms with Crippen LogP contribution in [0.3, 0.4) is 0 Å². The maximum absolute atomic E-state index is 12.2. The molecule has 2 amide bonds. The first-order valence-electron chi connectivity index (χ1n) is 7.28. The van der Waals surface area contributed by atoms with Gasteiger partial charge in [0.15, 0.2) is 0 Å². The summed E-state index contributed by atoms with van der Waals surface area (Å²) in [5, 5.41) is 2.54. The van der Waals surface area contributed by atoms with E-state index in [9.17, 15) is 9.59 Å². The van der Waals surface area contributed by atoms with Gasteiger partial charge in [-0.3, -0.25) is 14.9 Å². The molecule has 3 atom stereocenters. The van der Waals surface area contributed by atoms with E-state index in [2.05, 4.69) is 26.1 Å². The Labute approximate surface area is 110 Å². The zero-order valence-electron chi connectivity index (χ0n) is 11.8. The number of amides is 2. The SMILES string of the molecule is CC1CCCC2(CC1)CC(=O)NC(=O)C2C(C)C. The van der Waals surface area contributed by atoms with Crippen molar-refractivity contribution < 1.29 is 9.59 Å². The molecule has 102 valence electrons. The Morgan fingerprint density at radius 3 is 2.61 bits per heavy atom. The standard InChI is InChI=1S/C15H25NO2/c1-10(2)13-14(18)16-12(17)9-15(13)7-4-5-11(3)6-8-15/h10-11,13H,4-9H2,1-3H3,(H,16,17,18). The minimum Gasteiger partial charge on any atom is -0.296 e. The Balaban J connectivity index is 2.29. The molecule has 1 heterocycles. The number of hydrogen-bond donors (Lipinski definition) is 1. The first kappa shape index (κ1) is 13.6. The minimum atomic E-state index is -0.0635. The molecule has 3 unspecified atom stereocenters. The van der Waals surface area contributed by atoms with Gasteiger partial charge in [0.1, 0.15) is 0 Å². The van der Waals surface area contributed by atoms with Gasteiger partial charge in [-0.15, -0.1) is 0 Å². The van der Waals surface area contributed by atoms with Crippen LogP contribution in [-0.4, -0.2) is 11.8 Å². The summed E-state index contributed by atoms with van der Waals surface area (Å²) in [4.78, 5) is 24.0. The fraction of sp³-hybridized carbons (Fsp3) is 0.867. The third kappa shape index (κ3) is 2.45. The molecule has 0 aromatic rings. The van der Waals surface area contributed by atoms with Crippen LogP contribution >= 0.6 is 0 Å². The molecule has 0 aromatic heterocycles. The second-order valence-electron chi connectivity index (χ2n) is 6.71. The molecule has 1 saturated carbocycles. The lowest BCUT2D eigenvalue weighted by molar-refractivity contribution is -0.146. The monoisotopic (exact) mass is 251 g/mol. The van der Waals surface area contributed by atoms with E-state index >= 15 is 0 Å². The lowest BCUT2D eigenvalue weighted by atomic mass is 9.62. The second kappa shape index (κ2) is 5.02. The highest BCUT2D eigenvalue weighted by Gasteiger charge is 2.49. The van der Waals surface area contributed by atoms with Gasteiger partial charge in [0.25, 0.3) is 0 Å². The van der Waals surface area contributed by atoms with Gasteiger partial charge in [-0.2, -0.15) is 0 Å². The van der Waals surface area contributed by atoms with Crippen LogP contribution in [0.15, 0.2) is 0 Å². The van der Waals surface area contributed by atoms with Crippen LogP contribution in [0.2, 0.25) is 0 Å². The van der Waals surface area contributed by atoms with Gasteiger partial charge in [0.05, 0.1) is 0 Å².